The average molecular weight is 332 g/mol. The largest absolute Gasteiger partial charge is 0.339 e. The van der Waals surface area contributed by atoms with Crippen molar-refractivity contribution in [2.24, 2.45) is 0 Å². The monoisotopic (exact) mass is 332 g/mol. The van der Waals surface area contributed by atoms with Gasteiger partial charge in [0, 0.05) is 29.9 Å². The average Bonchev–Trinajstić information content (AvgIpc) is 3.22. The number of aryl methyl sites for hydroxylation is 1. The Balaban J connectivity index is 1.51. The third-order valence-corrected chi connectivity index (χ3v) is 3.93. The first-order valence-electron chi connectivity index (χ1n) is 7.93. The number of fused-ring (bicyclic) bond motifs is 1. The molecule has 6 nitrogen and oxygen atoms in total. The standard InChI is InChI=1S/C19H16N4O2/c1-13-20-19(22-25-13)15-6-4-7-16(11-15)21-18(24)12-23-10-9-14-5-2-3-8-17(14)23/h2-11H,12H2,1H3,(H,21,24). The Kier molecular flexibility index (Phi) is 3.78. The van der Waals surface area contributed by atoms with Crippen LogP contribution in [0.15, 0.2) is 65.3 Å². The van der Waals surface area contributed by atoms with Gasteiger partial charge in [0.05, 0.1) is 0 Å². The first-order chi connectivity index (χ1) is 12.2. The number of amides is 1. The summed E-state index contributed by atoms with van der Waals surface area (Å²) in [7, 11) is 0. The molecule has 0 fully saturated rings. The molecule has 0 bridgehead atoms. The van der Waals surface area contributed by atoms with Crippen molar-refractivity contribution >= 4 is 22.5 Å². The van der Waals surface area contributed by atoms with Crippen molar-refractivity contribution in [3.8, 4) is 11.4 Å². The Morgan fingerprint density at radius 3 is 2.88 bits per heavy atom. The van der Waals surface area contributed by atoms with Gasteiger partial charge in [-0.2, -0.15) is 4.98 Å². The predicted molar refractivity (Wildman–Crippen MR) is 95.0 cm³/mol. The van der Waals surface area contributed by atoms with E-state index in [-0.39, 0.29) is 12.5 Å². The van der Waals surface area contributed by atoms with Crippen LogP contribution in [0.2, 0.25) is 0 Å². The first-order valence-corrected chi connectivity index (χ1v) is 7.93. The van der Waals surface area contributed by atoms with Crippen LogP contribution in [0.5, 0.6) is 0 Å². The number of benzene rings is 2. The summed E-state index contributed by atoms with van der Waals surface area (Å²) < 4.78 is 6.93. The predicted octanol–water partition coefficient (Wildman–Crippen LogP) is 3.64. The molecule has 4 aromatic rings. The molecule has 0 radical (unpaired) electrons. The molecule has 0 saturated heterocycles. The van der Waals surface area contributed by atoms with Gasteiger partial charge in [-0.25, -0.2) is 0 Å². The Bertz CT molecular complexity index is 1050. The molecule has 2 heterocycles. The molecule has 0 aliphatic rings. The van der Waals surface area contributed by atoms with Gasteiger partial charge in [0.2, 0.25) is 17.6 Å². The molecule has 25 heavy (non-hydrogen) atoms. The molecule has 2 aromatic heterocycles. The van der Waals surface area contributed by atoms with Gasteiger partial charge in [-0.3, -0.25) is 4.79 Å². The van der Waals surface area contributed by atoms with Gasteiger partial charge in [0.15, 0.2) is 0 Å². The summed E-state index contributed by atoms with van der Waals surface area (Å²) in [5, 5.41) is 7.93. The van der Waals surface area contributed by atoms with Crippen LogP contribution in [-0.4, -0.2) is 20.6 Å². The number of rotatable bonds is 4. The second kappa shape index (κ2) is 6.24. The van der Waals surface area contributed by atoms with Gasteiger partial charge in [-0.05, 0) is 29.7 Å². The molecule has 0 unspecified atom stereocenters. The molecule has 1 amide bonds. The molecule has 0 spiro atoms. The third kappa shape index (κ3) is 3.14. The second-order valence-electron chi connectivity index (χ2n) is 5.77. The zero-order chi connectivity index (χ0) is 17.2. The van der Waals surface area contributed by atoms with Crippen molar-refractivity contribution in [2.45, 2.75) is 13.5 Å². The molecule has 2 aromatic carbocycles. The van der Waals surface area contributed by atoms with E-state index in [4.69, 9.17) is 4.52 Å². The minimum atomic E-state index is -0.0946. The second-order valence-corrected chi connectivity index (χ2v) is 5.77. The van der Waals surface area contributed by atoms with E-state index < -0.39 is 0 Å². The molecule has 124 valence electrons. The maximum atomic E-state index is 12.4. The highest BCUT2D eigenvalue weighted by Crippen LogP contribution is 2.20. The van der Waals surface area contributed by atoms with Crippen LogP contribution < -0.4 is 5.32 Å². The van der Waals surface area contributed by atoms with Gasteiger partial charge < -0.3 is 14.4 Å². The topological polar surface area (TPSA) is 73.0 Å². The van der Waals surface area contributed by atoms with Crippen LogP contribution in [-0.2, 0) is 11.3 Å². The fourth-order valence-corrected chi connectivity index (χ4v) is 2.79. The highest BCUT2D eigenvalue weighted by Gasteiger charge is 2.09. The highest BCUT2D eigenvalue weighted by molar-refractivity contribution is 5.92. The third-order valence-electron chi connectivity index (χ3n) is 3.93. The van der Waals surface area contributed by atoms with E-state index in [1.165, 1.54) is 0 Å². The van der Waals surface area contributed by atoms with Gasteiger partial charge >= 0.3 is 0 Å². The smallest absolute Gasteiger partial charge is 0.244 e. The molecular weight excluding hydrogens is 316 g/mol. The van der Waals surface area contributed by atoms with Gasteiger partial charge in [0.25, 0.3) is 0 Å². The minimum Gasteiger partial charge on any atom is -0.339 e. The van der Waals surface area contributed by atoms with Gasteiger partial charge in [-0.1, -0.05) is 35.5 Å². The summed E-state index contributed by atoms with van der Waals surface area (Å²) in [4.78, 5) is 16.6. The molecular formula is C19H16N4O2. The van der Waals surface area contributed by atoms with Gasteiger partial charge in [0.1, 0.15) is 6.54 Å². The van der Waals surface area contributed by atoms with E-state index in [1.807, 2.05) is 65.4 Å². The van der Waals surface area contributed by atoms with Crippen molar-refractivity contribution in [3.05, 3.63) is 66.7 Å². The summed E-state index contributed by atoms with van der Waals surface area (Å²) in [5.41, 5.74) is 2.52. The van der Waals surface area contributed by atoms with Crippen molar-refractivity contribution in [1.29, 1.82) is 0 Å². The number of anilines is 1. The lowest BCUT2D eigenvalue weighted by Crippen LogP contribution is -2.18. The fourth-order valence-electron chi connectivity index (χ4n) is 2.79. The number of hydrogen-bond donors (Lipinski definition) is 1. The molecule has 4 rings (SSSR count). The van der Waals surface area contributed by atoms with Crippen molar-refractivity contribution in [2.75, 3.05) is 5.32 Å². The number of carbonyl (C=O) groups excluding carboxylic acids is 1. The number of nitrogens with one attached hydrogen (secondary N) is 1. The lowest BCUT2D eigenvalue weighted by atomic mass is 10.2. The number of nitrogens with zero attached hydrogens (tertiary/aromatic N) is 3. The number of hydrogen-bond acceptors (Lipinski definition) is 4. The first kappa shape index (κ1) is 15.1. The zero-order valence-corrected chi connectivity index (χ0v) is 13.6. The Hall–Kier alpha value is -3.41. The number of carbonyl (C=O) groups is 1. The lowest BCUT2D eigenvalue weighted by Gasteiger charge is -2.08. The molecule has 0 aliphatic carbocycles. The summed E-state index contributed by atoms with van der Waals surface area (Å²) >= 11 is 0. The molecule has 6 heteroatoms. The van der Waals surface area contributed by atoms with E-state index in [1.54, 1.807) is 6.92 Å². The fraction of sp³-hybridized carbons (Fsp3) is 0.105. The van der Waals surface area contributed by atoms with Crippen LogP contribution in [0.3, 0.4) is 0 Å². The summed E-state index contributed by atoms with van der Waals surface area (Å²) in [5.74, 6) is 0.914. The van der Waals surface area contributed by atoms with Crippen LogP contribution in [0.25, 0.3) is 22.3 Å². The number of aromatic nitrogens is 3. The zero-order valence-electron chi connectivity index (χ0n) is 13.6. The SMILES string of the molecule is Cc1nc(-c2cccc(NC(=O)Cn3ccc4ccccc43)c2)no1. The Morgan fingerprint density at radius 1 is 1.16 bits per heavy atom. The molecule has 0 saturated carbocycles. The van der Waals surface area contributed by atoms with Gasteiger partial charge in [-0.15, -0.1) is 0 Å². The Labute approximate surface area is 144 Å². The molecule has 0 aliphatic heterocycles. The minimum absolute atomic E-state index is 0.0946. The van der Waals surface area contributed by atoms with Crippen LogP contribution in [0.1, 0.15) is 5.89 Å². The van der Waals surface area contributed by atoms with E-state index in [0.717, 1.165) is 16.5 Å². The van der Waals surface area contributed by atoms with E-state index in [0.29, 0.717) is 17.4 Å². The lowest BCUT2D eigenvalue weighted by molar-refractivity contribution is -0.116. The van der Waals surface area contributed by atoms with Crippen LogP contribution >= 0.6 is 0 Å². The van der Waals surface area contributed by atoms with E-state index in [2.05, 4.69) is 15.5 Å². The van der Waals surface area contributed by atoms with E-state index in [9.17, 15) is 4.79 Å². The van der Waals surface area contributed by atoms with Crippen LogP contribution in [0, 0.1) is 6.92 Å². The van der Waals surface area contributed by atoms with Crippen LogP contribution in [0.4, 0.5) is 5.69 Å². The normalized spacial score (nSPS) is 10.9. The van der Waals surface area contributed by atoms with E-state index >= 15 is 0 Å². The summed E-state index contributed by atoms with van der Waals surface area (Å²) in [6.07, 6.45) is 1.92. The maximum absolute atomic E-state index is 12.4. The summed E-state index contributed by atoms with van der Waals surface area (Å²) in [6.45, 7) is 1.99. The highest BCUT2D eigenvalue weighted by atomic mass is 16.5. The molecule has 1 N–H and O–H groups in total. The Morgan fingerprint density at radius 2 is 2.04 bits per heavy atom. The molecule has 0 atom stereocenters. The van der Waals surface area contributed by atoms with Crippen molar-refractivity contribution in [3.63, 3.8) is 0 Å². The number of para-hydroxylation sites is 1. The van der Waals surface area contributed by atoms with Crippen molar-refractivity contribution in [1.82, 2.24) is 14.7 Å². The van der Waals surface area contributed by atoms with Crippen molar-refractivity contribution < 1.29 is 9.32 Å². The maximum Gasteiger partial charge on any atom is 0.244 e. The quantitative estimate of drug-likeness (QED) is 0.619. The summed E-state index contributed by atoms with van der Waals surface area (Å²) in [6, 6.07) is 17.4.